The number of nitrogens with two attached hydrogens (primary N) is 1. The lowest BCUT2D eigenvalue weighted by Gasteiger charge is -2.13. The Labute approximate surface area is 122 Å². The molecule has 2 aromatic rings. The highest BCUT2D eigenvalue weighted by Gasteiger charge is 2.19. The van der Waals surface area contributed by atoms with E-state index in [1.54, 1.807) is 0 Å². The highest BCUT2D eigenvalue weighted by Crippen LogP contribution is 2.35. The van der Waals surface area contributed by atoms with Crippen LogP contribution in [-0.2, 0) is 11.3 Å². The zero-order chi connectivity index (χ0) is 14.7. The summed E-state index contributed by atoms with van der Waals surface area (Å²) in [6, 6.07) is 14.2. The van der Waals surface area contributed by atoms with Gasteiger partial charge in [0.15, 0.2) is 11.5 Å². The van der Waals surface area contributed by atoms with Gasteiger partial charge in [0, 0.05) is 12.1 Å². The summed E-state index contributed by atoms with van der Waals surface area (Å²) in [5.74, 6) is 1.16. The van der Waals surface area contributed by atoms with Crippen LogP contribution in [0.3, 0.4) is 0 Å². The number of benzene rings is 2. The molecule has 0 aromatic heterocycles. The van der Waals surface area contributed by atoms with E-state index >= 15 is 0 Å². The fraction of sp³-hybridized carbons (Fsp3) is 0.188. The molecular formula is C16H16N2O3. The Balaban J connectivity index is 1.66. The fourth-order valence-electron chi connectivity index (χ4n) is 2.23. The van der Waals surface area contributed by atoms with Crippen molar-refractivity contribution in [2.75, 3.05) is 6.79 Å². The molecule has 0 saturated heterocycles. The largest absolute Gasteiger partial charge is 0.454 e. The summed E-state index contributed by atoms with van der Waals surface area (Å²) in [5.41, 5.74) is 7.61. The molecule has 0 bridgehead atoms. The maximum Gasteiger partial charge on any atom is 0.241 e. The SMILES string of the molecule is N[C@@H](C(=O)NCc1cccc2c1OCO2)c1ccccc1. The summed E-state index contributed by atoms with van der Waals surface area (Å²) >= 11 is 0. The van der Waals surface area contributed by atoms with Crippen LogP contribution in [0.4, 0.5) is 0 Å². The van der Waals surface area contributed by atoms with Crippen LogP contribution in [-0.4, -0.2) is 12.7 Å². The monoisotopic (exact) mass is 284 g/mol. The second-order valence-electron chi connectivity index (χ2n) is 4.76. The fourth-order valence-corrected chi connectivity index (χ4v) is 2.23. The van der Waals surface area contributed by atoms with Crippen molar-refractivity contribution < 1.29 is 14.3 Å². The van der Waals surface area contributed by atoms with Crippen molar-refractivity contribution in [1.82, 2.24) is 5.32 Å². The van der Waals surface area contributed by atoms with E-state index in [-0.39, 0.29) is 12.7 Å². The standard InChI is InChI=1S/C16H16N2O3/c17-14(11-5-2-1-3-6-11)16(19)18-9-12-7-4-8-13-15(12)21-10-20-13/h1-8,14H,9-10,17H2,(H,18,19)/t14-/m1/s1. The molecule has 0 fully saturated rings. The van der Waals surface area contributed by atoms with E-state index in [0.717, 1.165) is 11.1 Å². The molecule has 0 unspecified atom stereocenters. The smallest absolute Gasteiger partial charge is 0.241 e. The molecule has 5 nitrogen and oxygen atoms in total. The normalized spacial score (nSPS) is 13.8. The third kappa shape index (κ3) is 2.83. The highest BCUT2D eigenvalue weighted by molar-refractivity contribution is 5.83. The average Bonchev–Trinajstić information content (AvgIpc) is 3.02. The number of rotatable bonds is 4. The van der Waals surface area contributed by atoms with Gasteiger partial charge >= 0.3 is 0 Å². The maximum absolute atomic E-state index is 12.1. The highest BCUT2D eigenvalue weighted by atomic mass is 16.7. The molecule has 21 heavy (non-hydrogen) atoms. The van der Waals surface area contributed by atoms with Crippen LogP contribution in [0.2, 0.25) is 0 Å². The molecule has 0 saturated carbocycles. The van der Waals surface area contributed by atoms with Crippen molar-refractivity contribution in [2.45, 2.75) is 12.6 Å². The van der Waals surface area contributed by atoms with Crippen LogP contribution in [0.1, 0.15) is 17.2 Å². The molecular weight excluding hydrogens is 268 g/mol. The molecule has 0 spiro atoms. The van der Waals surface area contributed by atoms with E-state index in [0.29, 0.717) is 18.0 Å². The summed E-state index contributed by atoms with van der Waals surface area (Å²) in [4.78, 5) is 12.1. The molecule has 1 amide bonds. The molecule has 1 atom stereocenters. The first-order chi connectivity index (χ1) is 10.3. The van der Waals surface area contributed by atoms with Gasteiger partial charge in [0.25, 0.3) is 0 Å². The average molecular weight is 284 g/mol. The number of hydrogen-bond acceptors (Lipinski definition) is 4. The summed E-state index contributed by atoms with van der Waals surface area (Å²) in [7, 11) is 0. The lowest BCUT2D eigenvalue weighted by Crippen LogP contribution is -2.33. The summed E-state index contributed by atoms with van der Waals surface area (Å²) < 4.78 is 10.7. The predicted molar refractivity (Wildman–Crippen MR) is 77.8 cm³/mol. The number of para-hydroxylation sites is 1. The van der Waals surface area contributed by atoms with Crippen molar-refractivity contribution in [1.29, 1.82) is 0 Å². The number of ether oxygens (including phenoxy) is 2. The van der Waals surface area contributed by atoms with E-state index in [2.05, 4.69) is 5.32 Å². The molecule has 5 heteroatoms. The maximum atomic E-state index is 12.1. The van der Waals surface area contributed by atoms with Gasteiger partial charge in [-0.15, -0.1) is 0 Å². The van der Waals surface area contributed by atoms with Crippen LogP contribution in [0.15, 0.2) is 48.5 Å². The molecule has 2 aromatic carbocycles. The molecule has 0 radical (unpaired) electrons. The number of nitrogens with one attached hydrogen (secondary N) is 1. The quantitative estimate of drug-likeness (QED) is 0.896. The number of fused-ring (bicyclic) bond motifs is 1. The minimum atomic E-state index is -0.680. The van der Waals surface area contributed by atoms with Gasteiger partial charge in [-0.3, -0.25) is 4.79 Å². The molecule has 1 aliphatic heterocycles. The van der Waals surface area contributed by atoms with Gasteiger partial charge < -0.3 is 20.5 Å². The second kappa shape index (κ2) is 5.85. The van der Waals surface area contributed by atoms with Crippen molar-refractivity contribution in [3.8, 4) is 11.5 Å². The van der Waals surface area contributed by atoms with E-state index in [1.165, 1.54) is 0 Å². The molecule has 108 valence electrons. The zero-order valence-corrected chi connectivity index (χ0v) is 11.4. The Hall–Kier alpha value is -2.53. The second-order valence-corrected chi connectivity index (χ2v) is 4.76. The van der Waals surface area contributed by atoms with Gasteiger partial charge in [-0.25, -0.2) is 0 Å². The molecule has 3 rings (SSSR count). The van der Waals surface area contributed by atoms with Crippen LogP contribution in [0.5, 0.6) is 11.5 Å². The van der Waals surface area contributed by atoms with Gasteiger partial charge in [-0.05, 0) is 11.6 Å². The molecule has 0 aliphatic carbocycles. The minimum Gasteiger partial charge on any atom is -0.454 e. The van der Waals surface area contributed by atoms with Crippen molar-refractivity contribution in [2.24, 2.45) is 5.73 Å². The van der Waals surface area contributed by atoms with Crippen LogP contribution in [0, 0.1) is 0 Å². The van der Waals surface area contributed by atoms with Crippen LogP contribution in [0.25, 0.3) is 0 Å². The van der Waals surface area contributed by atoms with E-state index in [4.69, 9.17) is 15.2 Å². The predicted octanol–water partition coefficient (Wildman–Crippen LogP) is 1.73. The first kappa shape index (κ1) is 13.5. The minimum absolute atomic E-state index is 0.212. The van der Waals surface area contributed by atoms with E-state index in [1.807, 2.05) is 48.5 Å². The van der Waals surface area contributed by atoms with Gasteiger partial charge in [-0.1, -0.05) is 42.5 Å². The number of amides is 1. The zero-order valence-electron chi connectivity index (χ0n) is 11.4. The Bertz CT molecular complexity index is 643. The van der Waals surface area contributed by atoms with Crippen molar-refractivity contribution in [3.05, 3.63) is 59.7 Å². The van der Waals surface area contributed by atoms with Gasteiger partial charge in [-0.2, -0.15) is 0 Å². The number of carbonyl (C=O) groups excluding carboxylic acids is 1. The summed E-state index contributed by atoms with van der Waals surface area (Å²) in [5, 5.41) is 2.83. The Kier molecular flexibility index (Phi) is 3.75. The lowest BCUT2D eigenvalue weighted by molar-refractivity contribution is -0.122. The Morgan fingerprint density at radius 2 is 1.95 bits per heavy atom. The van der Waals surface area contributed by atoms with Gasteiger partial charge in [0.2, 0.25) is 12.7 Å². The number of carbonyl (C=O) groups is 1. The molecule has 3 N–H and O–H groups in total. The Morgan fingerprint density at radius 3 is 2.76 bits per heavy atom. The van der Waals surface area contributed by atoms with Gasteiger partial charge in [0.1, 0.15) is 6.04 Å². The lowest BCUT2D eigenvalue weighted by atomic mass is 10.1. The number of hydrogen-bond donors (Lipinski definition) is 2. The summed E-state index contributed by atoms with van der Waals surface area (Å²) in [6.45, 7) is 0.565. The summed E-state index contributed by atoms with van der Waals surface area (Å²) in [6.07, 6.45) is 0. The third-order valence-corrected chi connectivity index (χ3v) is 3.37. The van der Waals surface area contributed by atoms with Gasteiger partial charge in [0.05, 0.1) is 0 Å². The topological polar surface area (TPSA) is 73.6 Å². The van der Waals surface area contributed by atoms with Crippen molar-refractivity contribution >= 4 is 5.91 Å². The van der Waals surface area contributed by atoms with Crippen LogP contribution < -0.4 is 20.5 Å². The van der Waals surface area contributed by atoms with E-state index in [9.17, 15) is 4.79 Å². The Morgan fingerprint density at radius 1 is 1.14 bits per heavy atom. The molecule has 1 heterocycles. The van der Waals surface area contributed by atoms with E-state index < -0.39 is 6.04 Å². The first-order valence-corrected chi connectivity index (χ1v) is 6.71. The third-order valence-electron chi connectivity index (χ3n) is 3.37. The van der Waals surface area contributed by atoms with Crippen LogP contribution >= 0.6 is 0 Å². The van der Waals surface area contributed by atoms with Crippen molar-refractivity contribution in [3.63, 3.8) is 0 Å². The first-order valence-electron chi connectivity index (χ1n) is 6.71. The molecule has 1 aliphatic rings.